The number of nitrogens with one attached hydrogen (secondary N) is 3. The van der Waals surface area contributed by atoms with Gasteiger partial charge in [-0.2, -0.15) is 0 Å². The van der Waals surface area contributed by atoms with Crippen LogP contribution in [0.25, 0.3) is 10.9 Å². The van der Waals surface area contributed by atoms with Gasteiger partial charge in [0.25, 0.3) is 5.91 Å². The largest absolute Gasteiger partial charge is 0.435 e. The first-order chi connectivity index (χ1) is 24.2. The highest BCUT2D eigenvalue weighted by molar-refractivity contribution is 5.91. The Morgan fingerprint density at radius 1 is 0.840 bits per heavy atom. The molecule has 0 radical (unpaired) electrons. The summed E-state index contributed by atoms with van der Waals surface area (Å²) in [6.07, 6.45) is 2.32. The lowest BCUT2D eigenvalue weighted by atomic mass is 9.91. The number of urea groups is 1. The molecule has 5 heterocycles. The van der Waals surface area contributed by atoms with Crippen LogP contribution in [0.15, 0.2) is 53.3 Å². The molecule has 12 nitrogen and oxygen atoms in total. The summed E-state index contributed by atoms with van der Waals surface area (Å²) in [6, 6.07) is 15.5. The zero-order valence-corrected chi connectivity index (χ0v) is 29.2. The van der Waals surface area contributed by atoms with Gasteiger partial charge >= 0.3 is 12.1 Å². The molecule has 2 unspecified atom stereocenters. The molecule has 3 fully saturated rings. The van der Waals surface area contributed by atoms with Crippen molar-refractivity contribution >= 4 is 34.6 Å². The fourth-order valence-corrected chi connectivity index (χ4v) is 8.24. The van der Waals surface area contributed by atoms with Gasteiger partial charge in [0.15, 0.2) is 6.10 Å². The monoisotopic (exact) mass is 683 g/mol. The summed E-state index contributed by atoms with van der Waals surface area (Å²) in [7, 11) is 0. The van der Waals surface area contributed by atoms with E-state index in [0.29, 0.717) is 51.6 Å². The molecule has 1 aromatic heterocycles. The summed E-state index contributed by atoms with van der Waals surface area (Å²) in [4.78, 5) is 64.2. The average Bonchev–Trinajstić information content (AvgIpc) is 3.32. The molecule has 0 aliphatic carbocycles. The first-order valence-corrected chi connectivity index (χ1v) is 18.2. The Hall–Kier alpha value is -4.42. The number of rotatable bonds is 6. The van der Waals surface area contributed by atoms with Crippen molar-refractivity contribution < 1.29 is 19.1 Å². The number of nitrogens with zero attached hydrogens (tertiary/aromatic N) is 4. The lowest BCUT2D eigenvalue weighted by Gasteiger charge is -2.41. The molecule has 0 spiro atoms. The number of hydrogen-bond donors (Lipinski definition) is 3. The first-order valence-electron chi connectivity index (χ1n) is 18.2. The van der Waals surface area contributed by atoms with Crippen molar-refractivity contribution in [2.75, 3.05) is 64.2 Å². The number of H-pyrrole nitrogens is 1. The van der Waals surface area contributed by atoms with Crippen LogP contribution in [-0.4, -0.2) is 120 Å². The number of likely N-dealkylation sites (tertiary alicyclic amines) is 2. The van der Waals surface area contributed by atoms with E-state index in [-0.39, 0.29) is 23.5 Å². The second kappa shape index (κ2) is 14.8. The predicted molar refractivity (Wildman–Crippen MR) is 193 cm³/mol. The number of aryl methyl sites for hydroxylation is 1. The SMILES string of the molecule is Cc1cc(C(C)C(OC(=O)N2CCC(N3CCc4ccccc4NC3=O)CC2)C(=O)N2CCC(N3CCNCC3)CC2)cc2ccc(=O)[nH]c12. The van der Waals surface area contributed by atoms with Gasteiger partial charge in [-0.05, 0) is 79.3 Å². The number of piperazine rings is 1. The molecule has 2 atom stereocenters. The summed E-state index contributed by atoms with van der Waals surface area (Å²) in [5.41, 5.74) is 4.33. The van der Waals surface area contributed by atoms with E-state index in [1.165, 1.54) is 6.07 Å². The van der Waals surface area contributed by atoms with E-state index in [4.69, 9.17) is 4.74 Å². The van der Waals surface area contributed by atoms with Crippen LogP contribution in [0.1, 0.15) is 55.2 Å². The van der Waals surface area contributed by atoms with E-state index in [0.717, 1.165) is 78.7 Å². The number of aromatic amines is 1. The maximum absolute atomic E-state index is 14.3. The molecule has 12 heteroatoms. The quantitative estimate of drug-likeness (QED) is 0.360. The first kappa shape index (κ1) is 34.0. The van der Waals surface area contributed by atoms with E-state index < -0.39 is 18.1 Å². The molecule has 0 saturated carbocycles. The molecule has 7 rings (SSSR count). The molecule has 50 heavy (non-hydrogen) atoms. The van der Waals surface area contributed by atoms with E-state index in [2.05, 4.69) is 20.5 Å². The third-order valence-corrected chi connectivity index (χ3v) is 11.3. The van der Waals surface area contributed by atoms with Crippen molar-refractivity contribution in [1.82, 2.24) is 29.9 Å². The van der Waals surface area contributed by atoms with Crippen molar-refractivity contribution in [2.24, 2.45) is 0 Å². The van der Waals surface area contributed by atoms with Crippen LogP contribution < -0.4 is 16.2 Å². The third-order valence-electron chi connectivity index (χ3n) is 11.3. The molecule has 4 aliphatic heterocycles. The number of aromatic nitrogens is 1. The van der Waals surface area contributed by atoms with Crippen molar-refractivity contribution in [3.8, 4) is 0 Å². The van der Waals surface area contributed by atoms with Crippen LogP contribution >= 0.6 is 0 Å². The number of anilines is 1. The summed E-state index contributed by atoms with van der Waals surface area (Å²) >= 11 is 0. The predicted octanol–water partition coefficient (Wildman–Crippen LogP) is 3.90. The van der Waals surface area contributed by atoms with E-state index >= 15 is 0 Å². The normalized spacial score (nSPS) is 20.9. The summed E-state index contributed by atoms with van der Waals surface area (Å²) < 4.78 is 6.23. The van der Waals surface area contributed by atoms with Gasteiger partial charge < -0.3 is 35.1 Å². The number of amides is 4. The third kappa shape index (κ3) is 7.22. The molecule has 4 amide bonds. The zero-order valence-electron chi connectivity index (χ0n) is 29.2. The van der Waals surface area contributed by atoms with Gasteiger partial charge in [0.1, 0.15) is 0 Å². The molecule has 3 N–H and O–H groups in total. The van der Waals surface area contributed by atoms with E-state index in [1.807, 2.05) is 60.0 Å². The molecule has 3 saturated heterocycles. The number of hydrogen-bond acceptors (Lipinski definition) is 7. The fraction of sp³-hybridized carbons (Fsp3) is 0.526. The smallest absolute Gasteiger partial charge is 0.410 e. The Labute approximate surface area is 293 Å². The second-order valence-corrected chi connectivity index (χ2v) is 14.3. The van der Waals surface area contributed by atoms with Crippen LogP contribution in [0.3, 0.4) is 0 Å². The zero-order chi connectivity index (χ0) is 34.8. The summed E-state index contributed by atoms with van der Waals surface area (Å²) in [6.45, 7) is 10.7. The highest BCUT2D eigenvalue weighted by atomic mass is 16.6. The Kier molecular flexibility index (Phi) is 10.1. The van der Waals surface area contributed by atoms with Crippen LogP contribution in [0.4, 0.5) is 15.3 Å². The molecular weight excluding hydrogens is 634 g/mol. The Bertz CT molecular complexity index is 1770. The van der Waals surface area contributed by atoms with Gasteiger partial charge in [0, 0.05) is 88.7 Å². The number of para-hydroxylation sites is 1. The molecule has 4 aliphatic rings. The molecule has 0 bridgehead atoms. The Balaban J connectivity index is 1.05. The number of ether oxygens (including phenoxy) is 1. The molecule has 266 valence electrons. The number of piperidine rings is 2. The maximum atomic E-state index is 14.3. The lowest BCUT2D eigenvalue weighted by molar-refractivity contribution is -0.143. The highest BCUT2D eigenvalue weighted by Crippen LogP contribution is 2.31. The van der Waals surface area contributed by atoms with Crippen LogP contribution in [0.5, 0.6) is 0 Å². The minimum Gasteiger partial charge on any atom is -0.435 e. The Morgan fingerprint density at radius 3 is 2.30 bits per heavy atom. The summed E-state index contributed by atoms with van der Waals surface area (Å²) in [5, 5.41) is 7.34. The fourth-order valence-electron chi connectivity index (χ4n) is 8.24. The van der Waals surface area contributed by atoms with Gasteiger partial charge in [-0.25, -0.2) is 9.59 Å². The second-order valence-electron chi connectivity index (χ2n) is 14.3. The van der Waals surface area contributed by atoms with Crippen molar-refractivity contribution in [1.29, 1.82) is 0 Å². The topological polar surface area (TPSA) is 130 Å². The Morgan fingerprint density at radius 2 is 1.54 bits per heavy atom. The molecule has 3 aromatic rings. The maximum Gasteiger partial charge on any atom is 0.410 e. The average molecular weight is 684 g/mol. The number of carbonyl (C=O) groups is 3. The van der Waals surface area contributed by atoms with Crippen LogP contribution in [-0.2, 0) is 16.0 Å². The number of carbonyl (C=O) groups excluding carboxylic acids is 3. The van der Waals surface area contributed by atoms with Gasteiger partial charge in [0.05, 0.1) is 5.52 Å². The van der Waals surface area contributed by atoms with E-state index in [1.54, 1.807) is 11.0 Å². The van der Waals surface area contributed by atoms with Gasteiger partial charge in [-0.3, -0.25) is 14.5 Å². The van der Waals surface area contributed by atoms with Crippen molar-refractivity contribution in [3.63, 3.8) is 0 Å². The highest BCUT2D eigenvalue weighted by Gasteiger charge is 2.39. The van der Waals surface area contributed by atoms with Gasteiger partial charge in [-0.1, -0.05) is 31.2 Å². The number of pyridine rings is 1. The van der Waals surface area contributed by atoms with Gasteiger partial charge in [0.2, 0.25) is 5.56 Å². The van der Waals surface area contributed by atoms with Crippen molar-refractivity contribution in [3.05, 3.63) is 75.6 Å². The van der Waals surface area contributed by atoms with Crippen molar-refractivity contribution in [2.45, 2.75) is 70.1 Å². The number of fused-ring (bicyclic) bond motifs is 2. The minimum atomic E-state index is -1.01. The number of benzene rings is 2. The van der Waals surface area contributed by atoms with E-state index in [9.17, 15) is 19.2 Å². The lowest BCUT2D eigenvalue weighted by Crippen LogP contribution is -2.55. The van der Waals surface area contributed by atoms with Gasteiger partial charge in [-0.15, -0.1) is 0 Å². The molecule has 2 aromatic carbocycles. The van der Waals surface area contributed by atoms with Crippen LogP contribution in [0.2, 0.25) is 0 Å². The van der Waals surface area contributed by atoms with Crippen LogP contribution in [0, 0.1) is 6.92 Å². The standard InChI is InChI=1S/C38H49N7O5/c1-25-23-29(24-28-7-8-33(46)41-34(25)28)26(2)35(36(47)43-16-10-30(11-17-43)42-21-14-39-15-22-42)50-38(49)44-18-12-31(13-19-44)45-20-9-27-5-3-4-6-32(27)40-37(45)48/h3-8,23-24,26,30-31,35,39H,9-22H2,1-2H3,(H,40,48)(H,41,46). The summed E-state index contributed by atoms with van der Waals surface area (Å²) in [5.74, 6) is -0.591. The minimum absolute atomic E-state index is 0.00807. The molecular formula is C38H49N7O5.